The smallest absolute Gasteiger partial charge is 0.200 e. The van der Waals surface area contributed by atoms with Crippen molar-refractivity contribution in [3.05, 3.63) is 0 Å². The van der Waals surface area contributed by atoms with Crippen molar-refractivity contribution in [2.75, 3.05) is 0 Å². The Morgan fingerprint density at radius 2 is 0.362 bits per heavy atom. The van der Waals surface area contributed by atoms with Crippen LogP contribution in [-0.2, 0) is 0 Å². The minimum Gasteiger partial charge on any atom is -0.200 e. The molecule has 0 aliphatic rings. The van der Waals surface area contributed by atoms with E-state index in [1.807, 2.05) is 0 Å². The van der Waals surface area contributed by atoms with Gasteiger partial charge in [-0.25, -0.2) is 0 Å². The topological polar surface area (TPSA) is 0 Å². The van der Waals surface area contributed by atoms with Crippen molar-refractivity contribution in [3.63, 3.8) is 0 Å². The van der Waals surface area contributed by atoms with E-state index in [0.29, 0.717) is 0 Å². The summed E-state index contributed by atoms with van der Waals surface area (Å²) in [5.74, 6) is -115. The summed E-state index contributed by atoms with van der Waals surface area (Å²) in [6.45, 7) is 0. The van der Waals surface area contributed by atoms with E-state index in [2.05, 4.69) is 0 Å². The molecule has 34 heteroatoms. The minimum atomic E-state index is -8.93. The molecule has 58 heavy (non-hydrogen) atoms. The van der Waals surface area contributed by atoms with Crippen LogP contribution in [0.2, 0.25) is 0 Å². The van der Waals surface area contributed by atoms with Crippen LogP contribution >= 0.6 is 0 Å². The maximum absolute atomic E-state index is 13.8. The highest BCUT2D eigenvalue weighted by Crippen LogP contribution is 2.66. The van der Waals surface area contributed by atoms with E-state index in [-0.39, 0.29) is 0 Å². The third-order valence-electron chi connectivity index (χ3n) is 7.28. The molecule has 0 aromatic heterocycles. The van der Waals surface area contributed by atoms with Crippen LogP contribution in [-0.4, -0.2) is 95.3 Å². The van der Waals surface area contributed by atoms with E-state index >= 15 is 0 Å². The maximum Gasteiger partial charge on any atom is 0.460 e. The molecule has 0 spiro atoms. The summed E-state index contributed by atoms with van der Waals surface area (Å²) < 4.78 is 450. The highest BCUT2D eigenvalue weighted by atomic mass is 19.4. The first-order valence-electron chi connectivity index (χ1n) is 13.6. The van der Waals surface area contributed by atoms with Gasteiger partial charge in [-0.1, -0.05) is 0 Å². The fraction of sp³-hybridized carbons (Fsp3) is 0.917. The zero-order valence-electron chi connectivity index (χ0n) is 26.1. The first-order valence-corrected chi connectivity index (χ1v) is 13.6. The number of halogens is 34. The van der Waals surface area contributed by atoms with Crippen LogP contribution in [0.3, 0.4) is 0 Å². The average molecular weight is 946 g/mol. The molecule has 0 heterocycles. The molecule has 0 rings (SSSR count). The highest BCUT2D eigenvalue weighted by Gasteiger charge is 2.96. The Morgan fingerprint density at radius 3 is 0.534 bits per heavy atom. The van der Waals surface area contributed by atoms with Gasteiger partial charge in [-0.2, -0.15) is 149 Å². The molecule has 0 aliphatic carbocycles. The number of hydrogen-bond donors (Lipinski definition) is 0. The van der Waals surface area contributed by atoms with Crippen LogP contribution in [0, 0.1) is 11.8 Å². The lowest BCUT2D eigenvalue weighted by Gasteiger charge is -2.42. The lowest BCUT2D eigenvalue weighted by atomic mass is 9.88. The fourth-order valence-electron chi connectivity index (χ4n) is 3.68. The lowest BCUT2D eigenvalue weighted by molar-refractivity contribution is -0.461. The highest BCUT2D eigenvalue weighted by molar-refractivity contribution is 5.17. The van der Waals surface area contributed by atoms with Crippen molar-refractivity contribution in [2.24, 2.45) is 0 Å². The van der Waals surface area contributed by atoms with Gasteiger partial charge in [0.2, 0.25) is 0 Å². The number of unbranched alkanes of at least 4 members (excludes halogenated alkanes) is 2. The Labute approximate surface area is 296 Å². The normalized spacial score (nSPS) is 16.4. The van der Waals surface area contributed by atoms with Crippen molar-refractivity contribution in [2.45, 2.75) is 134 Å². The molecule has 0 radical (unpaired) electrons. The second-order valence-electron chi connectivity index (χ2n) is 11.4. The lowest BCUT2D eigenvalue weighted by Crippen LogP contribution is -2.74. The largest absolute Gasteiger partial charge is 0.460 e. The van der Waals surface area contributed by atoms with E-state index in [0.717, 1.165) is 0 Å². The van der Waals surface area contributed by atoms with Crippen molar-refractivity contribution in [1.29, 1.82) is 0 Å². The molecule has 0 nitrogen and oxygen atoms in total. The second kappa shape index (κ2) is 15.0. The average Bonchev–Trinajstić information content (AvgIpc) is 2.99. The van der Waals surface area contributed by atoms with Gasteiger partial charge in [-0.05, 0) is 12.8 Å². The number of rotatable bonds is 18. The molecule has 0 saturated carbocycles. The standard InChI is InChI=1S/C24H12F34/c25-9(26,11(29,30)13(33,34)15(37,38)17(41,42)19(45,46)21(49,50)23(53,54)55)7-5-3-1-2-4-6-8-10(27,28)12(31,32)14(35,36)16(39,40)18(43,44)20(47,48)22(51,52)24(56,57)58/h3-8H2. The zero-order chi connectivity index (χ0) is 47.7. The van der Waals surface area contributed by atoms with Gasteiger partial charge in [0.15, 0.2) is 0 Å². The van der Waals surface area contributed by atoms with Crippen LogP contribution in [0.5, 0.6) is 0 Å². The molecule has 0 aliphatic heterocycles. The summed E-state index contributed by atoms with van der Waals surface area (Å²) in [4.78, 5) is 0. The molecular weight excluding hydrogens is 934 g/mol. The summed E-state index contributed by atoms with van der Waals surface area (Å²) in [5.41, 5.74) is 0. The quantitative estimate of drug-likeness (QED) is 0.0730. The van der Waals surface area contributed by atoms with E-state index in [9.17, 15) is 149 Å². The summed E-state index contributed by atoms with van der Waals surface area (Å²) >= 11 is 0. The maximum atomic E-state index is 13.8. The van der Waals surface area contributed by atoms with Crippen LogP contribution < -0.4 is 0 Å². The van der Waals surface area contributed by atoms with Crippen LogP contribution in [0.4, 0.5) is 149 Å². The SMILES string of the molecule is FC(F)(F)C(F)(F)C(F)(F)C(F)(F)C(F)(F)C(F)(F)C(F)(F)C(F)(F)CCCC#CCCCC(F)(F)C(F)(F)C(F)(F)C(F)(F)C(F)(F)C(F)(F)C(F)(F)C(F)(F)F. The molecule has 0 saturated heterocycles. The summed E-state index contributed by atoms with van der Waals surface area (Å²) in [6, 6.07) is 0. The zero-order valence-corrected chi connectivity index (χ0v) is 26.1. The van der Waals surface area contributed by atoms with E-state index in [4.69, 9.17) is 0 Å². The monoisotopic (exact) mass is 946 g/mol. The molecule has 0 bridgehead atoms. The molecule has 0 atom stereocenters. The van der Waals surface area contributed by atoms with Gasteiger partial charge in [0.25, 0.3) is 0 Å². The first-order chi connectivity index (χ1) is 24.7. The van der Waals surface area contributed by atoms with Crippen LogP contribution in [0.25, 0.3) is 0 Å². The molecule has 0 amide bonds. The Bertz CT molecular complexity index is 1370. The van der Waals surface area contributed by atoms with Crippen molar-refractivity contribution >= 4 is 0 Å². The van der Waals surface area contributed by atoms with Gasteiger partial charge in [0, 0.05) is 25.7 Å². The van der Waals surface area contributed by atoms with Gasteiger partial charge < -0.3 is 0 Å². The Morgan fingerprint density at radius 1 is 0.207 bits per heavy atom. The van der Waals surface area contributed by atoms with Crippen LogP contribution in [0.1, 0.15) is 38.5 Å². The van der Waals surface area contributed by atoms with Crippen molar-refractivity contribution < 1.29 is 149 Å². The Hall–Kier alpha value is -2.82. The summed E-state index contributed by atoms with van der Waals surface area (Å²) in [5, 5.41) is 0. The molecule has 346 valence electrons. The van der Waals surface area contributed by atoms with E-state index in [1.54, 1.807) is 0 Å². The molecule has 0 aromatic carbocycles. The Kier molecular flexibility index (Phi) is 14.2. The third-order valence-corrected chi connectivity index (χ3v) is 7.28. The predicted molar refractivity (Wildman–Crippen MR) is 117 cm³/mol. The van der Waals surface area contributed by atoms with Crippen LogP contribution in [0.15, 0.2) is 0 Å². The summed E-state index contributed by atoms with van der Waals surface area (Å²) in [7, 11) is 0. The van der Waals surface area contributed by atoms with Gasteiger partial charge in [-0.3, -0.25) is 0 Å². The number of hydrogen-bond acceptors (Lipinski definition) is 0. The van der Waals surface area contributed by atoms with Gasteiger partial charge in [0.1, 0.15) is 0 Å². The minimum absolute atomic E-state index is 1.28. The molecule has 0 N–H and O–H groups in total. The first kappa shape index (κ1) is 55.2. The van der Waals surface area contributed by atoms with Gasteiger partial charge in [0.05, 0.1) is 0 Å². The molecule has 0 unspecified atom stereocenters. The van der Waals surface area contributed by atoms with Crippen molar-refractivity contribution in [1.82, 2.24) is 0 Å². The fourth-order valence-corrected chi connectivity index (χ4v) is 3.68. The molecule has 0 fully saturated rings. The molecular formula is C24H12F34. The number of alkyl halides is 34. The third kappa shape index (κ3) is 7.81. The Balaban J connectivity index is 6.02. The second-order valence-corrected chi connectivity index (χ2v) is 11.4. The van der Waals surface area contributed by atoms with Gasteiger partial charge in [-0.15, -0.1) is 11.8 Å². The van der Waals surface area contributed by atoms with E-state index < -0.39 is 134 Å². The van der Waals surface area contributed by atoms with Crippen molar-refractivity contribution in [3.8, 4) is 11.8 Å². The molecule has 0 aromatic rings. The summed E-state index contributed by atoms with van der Waals surface area (Å²) in [6.07, 6.45) is -29.2. The predicted octanol–water partition coefficient (Wildman–Crippen LogP) is 13.3. The van der Waals surface area contributed by atoms with E-state index in [1.165, 1.54) is 11.8 Å². The van der Waals surface area contributed by atoms with Gasteiger partial charge >= 0.3 is 95.3 Å².